The molecule has 2 saturated carbocycles. The number of carbonyl (C=O) groups is 1. The van der Waals surface area contributed by atoms with Gasteiger partial charge in [0.1, 0.15) is 0 Å². The predicted molar refractivity (Wildman–Crippen MR) is 83.3 cm³/mol. The Bertz CT molecular complexity index is 329. The zero-order valence-corrected chi connectivity index (χ0v) is 13.3. The molecule has 4 nitrogen and oxygen atoms in total. The Morgan fingerprint density at radius 1 is 1.20 bits per heavy atom. The normalized spacial score (nSPS) is 28.1. The number of nitrogens with zero attached hydrogens (tertiary/aromatic N) is 2. The smallest absolute Gasteiger partial charge is 0.237 e. The maximum absolute atomic E-state index is 12.7. The number of hydrogen-bond acceptors (Lipinski definition) is 3. The van der Waals surface area contributed by atoms with E-state index in [1.807, 2.05) is 0 Å². The fraction of sp³-hybridized carbons (Fsp3) is 0.933. The van der Waals surface area contributed by atoms with Crippen molar-refractivity contribution in [3.05, 3.63) is 0 Å². The highest BCUT2D eigenvalue weighted by Crippen LogP contribution is 2.34. The summed E-state index contributed by atoms with van der Waals surface area (Å²) in [6.07, 6.45) is 7.56. The molecule has 3 aliphatic rings. The average Bonchev–Trinajstić information content (AvgIpc) is 3.07. The Kier molecular flexibility index (Phi) is 5.70. The van der Waals surface area contributed by atoms with Crippen LogP contribution in [0.5, 0.6) is 0 Å². The molecule has 0 spiro atoms. The molecule has 1 atom stereocenters. The van der Waals surface area contributed by atoms with E-state index in [9.17, 15) is 4.79 Å². The molecule has 20 heavy (non-hydrogen) atoms. The maximum Gasteiger partial charge on any atom is 0.237 e. The van der Waals surface area contributed by atoms with Crippen molar-refractivity contribution in [1.29, 1.82) is 0 Å². The number of hydrogen-bond donors (Lipinski definition) is 1. The van der Waals surface area contributed by atoms with Crippen molar-refractivity contribution in [3.63, 3.8) is 0 Å². The minimum Gasteiger partial charge on any atom is -0.336 e. The summed E-state index contributed by atoms with van der Waals surface area (Å²) < 4.78 is 0. The van der Waals surface area contributed by atoms with E-state index >= 15 is 0 Å². The minimum absolute atomic E-state index is 0. The van der Waals surface area contributed by atoms with Gasteiger partial charge >= 0.3 is 0 Å². The second-order valence-corrected chi connectivity index (χ2v) is 6.49. The Labute approximate surface area is 128 Å². The molecule has 0 bridgehead atoms. The Morgan fingerprint density at radius 3 is 2.45 bits per heavy atom. The molecular weight excluding hydrogens is 274 g/mol. The molecule has 0 aromatic rings. The molecule has 1 N–H and O–H groups in total. The lowest BCUT2D eigenvalue weighted by molar-refractivity contribution is -0.136. The van der Waals surface area contributed by atoms with Gasteiger partial charge in [-0.1, -0.05) is 12.8 Å². The molecule has 2 aliphatic carbocycles. The maximum atomic E-state index is 12.7. The van der Waals surface area contributed by atoms with Crippen LogP contribution in [-0.2, 0) is 4.79 Å². The third-order valence-corrected chi connectivity index (χ3v) is 4.92. The van der Waals surface area contributed by atoms with Gasteiger partial charge in [-0.2, -0.15) is 0 Å². The van der Waals surface area contributed by atoms with Gasteiger partial charge in [0.05, 0.1) is 6.54 Å². The van der Waals surface area contributed by atoms with E-state index in [0.717, 1.165) is 19.6 Å². The van der Waals surface area contributed by atoms with E-state index < -0.39 is 0 Å². The summed E-state index contributed by atoms with van der Waals surface area (Å²) in [5.41, 5.74) is 0. The number of piperazine rings is 1. The molecule has 5 heteroatoms. The third kappa shape index (κ3) is 3.66. The molecule has 0 unspecified atom stereocenters. The van der Waals surface area contributed by atoms with Crippen LogP contribution in [0.4, 0.5) is 0 Å². The lowest BCUT2D eigenvalue weighted by Gasteiger charge is -2.36. The second-order valence-electron chi connectivity index (χ2n) is 6.49. The third-order valence-electron chi connectivity index (χ3n) is 4.92. The first-order valence-corrected chi connectivity index (χ1v) is 8.01. The minimum atomic E-state index is 0. The Balaban J connectivity index is 0.00000147. The van der Waals surface area contributed by atoms with Gasteiger partial charge in [-0.15, -0.1) is 12.4 Å². The molecule has 3 rings (SSSR count). The van der Waals surface area contributed by atoms with E-state index in [1.165, 1.54) is 38.5 Å². The summed E-state index contributed by atoms with van der Waals surface area (Å²) in [5, 5.41) is 3.39. The molecular formula is C15H28ClN3O. The van der Waals surface area contributed by atoms with Crippen LogP contribution in [0.3, 0.4) is 0 Å². The molecule has 116 valence electrons. The van der Waals surface area contributed by atoms with Crippen molar-refractivity contribution in [3.8, 4) is 0 Å². The van der Waals surface area contributed by atoms with E-state index in [4.69, 9.17) is 0 Å². The van der Waals surface area contributed by atoms with Gasteiger partial charge in [0.2, 0.25) is 5.91 Å². The van der Waals surface area contributed by atoms with Gasteiger partial charge in [0.25, 0.3) is 0 Å². The summed E-state index contributed by atoms with van der Waals surface area (Å²) >= 11 is 0. The molecule has 1 amide bonds. The van der Waals surface area contributed by atoms with Gasteiger partial charge in [0, 0.05) is 37.8 Å². The lowest BCUT2D eigenvalue weighted by atomic mass is 10.1. The van der Waals surface area contributed by atoms with Crippen molar-refractivity contribution in [2.24, 2.45) is 0 Å². The second kappa shape index (κ2) is 7.10. The topological polar surface area (TPSA) is 35.6 Å². The molecule has 0 aromatic carbocycles. The van der Waals surface area contributed by atoms with Crippen LogP contribution in [-0.4, -0.2) is 60.0 Å². The molecule has 1 aliphatic heterocycles. The number of amides is 1. The van der Waals surface area contributed by atoms with Crippen molar-refractivity contribution >= 4 is 18.3 Å². The van der Waals surface area contributed by atoms with E-state index in [1.54, 1.807) is 0 Å². The summed E-state index contributed by atoms with van der Waals surface area (Å²) in [5.74, 6) is 0.392. The molecule has 0 aromatic heterocycles. The van der Waals surface area contributed by atoms with Crippen molar-refractivity contribution in [2.45, 2.75) is 63.6 Å². The van der Waals surface area contributed by atoms with E-state index in [0.29, 0.717) is 30.6 Å². The van der Waals surface area contributed by atoms with Gasteiger partial charge in [0.15, 0.2) is 0 Å². The monoisotopic (exact) mass is 301 g/mol. The summed E-state index contributed by atoms with van der Waals surface area (Å²) in [6.45, 7) is 5.90. The lowest BCUT2D eigenvalue weighted by Crippen LogP contribution is -2.54. The fourth-order valence-electron chi connectivity index (χ4n) is 3.61. The number of carbonyl (C=O) groups excluding carboxylic acids is 1. The van der Waals surface area contributed by atoms with Gasteiger partial charge in [-0.25, -0.2) is 0 Å². The van der Waals surface area contributed by atoms with Crippen molar-refractivity contribution in [2.75, 3.05) is 26.2 Å². The molecule has 1 heterocycles. The highest BCUT2D eigenvalue weighted by atomic mass is 35.5. The quantitative estimate of drug-likeness (QED) is 0.857. The van der Waals surface area contributed by atoms with Gasteiger partial charge in [-0.3, -0.25) is 9.69 Å². The van der Waals surface area contributed by atoms with Crippen molar-refractivity contribution in [1.82, 2.24) is 15.1 Å². The first kappa shape index (κ1) is 16.1. The van der Waals surface area contributed by atoms with Crippen LogP contribution in [0, 0.1) is 0 Å². The van der Waals surface area contributed by atoms with Crippen LogP contribution < -0.4 is 5.32 Å². The van der Waals surface area contributed by atoms with Gasteiger partial charge in [-0.05, 0) is 32.6 Å². The predicted octanol–water partition coefficient (Wildman–Crippen LogP) is 1.64. The Hall–Kier alpha value is -0.320. The first-order valence-electron chi connectivity index (χ1n) is 8.01. The van der Waals surface area contributed by atoms with Crippen LogP contribution in [0.25, 0.3) is 0 Å². The van der Waals surface area contributed by atoms with Crippen LogP contribution >= 0.6 is 12.4 Å². The van der Waals surface area contributed by atoms with Gasteiger partial charge < -0.3 is 10.2 Å². The largest absolute Gasteiger partial charge is 0.336 e. The molecule has 0 radical (unpaired) electrons. The van der Waals surface area contributed by atoms with E-state index in [2.05, 4.69) is 22.0 Å². The zero-order valence-electron chi connectivity index (χ0n) is 12.5. The molecule has 1 saturated heterocycles. The first-order chi connectivity index (χ1) is 9.25. The van der Waals surface area contributed by atoms with Crippen LogP contribution in [0.15, 0.2) is 0 Å². The average molecular weight is 302 g/mol. The highest BCUT2D eigenvalue weighted by molar-refractivity contribution is 5.85. The van der Waals surface area contributed by atoms with Crippen LogP contribution in [0.2, 0.25) is 0 Å². The van der Waals surface area contributed by atoms with Crippen molar-refractivity contribution < 1.29 is 4.79 Å². The Morgan fingerprint density at radius 2 is 1.85 bits per heavy atom. The van der Waals surface area contributed by atoms with E-state index in [-0.39, 0.29) is 12.4 Å². The standard InChI is InChI=1S/C15H27N3O.ClH/c1-12-10-16-8-9-17(12)11-15(19)18(14-6-7-14)13-4-2-3-5-13;/h12-14,16H,2-11H2,1H3;1H/t12-;/m0./s1. The summed E-state index contributed by atoms with van der Waals surface area (Å²) in [7, 11) is 0. The number of nitrogens with one attached hydrogen (secondary N) is 1. The zero-order chi connectivity index (χ0) is 13.2. The fourth-order valence-corrected chi connectivity index (χ4v) is 3.61. The SMILES string of the molecule is C[C@H]1CNCCN1CC(=O)N(C1CCCC1)C1CC1.Cl. The molecule has 3 fully saturated rings. The summed E-state index contributed by atoms with van der Waals surface area (Å²) in [6, 6.07) is 1.62. The highest BCUT2D eigenvalue weighted by Gasteiger charge is 2.38. The van der Waals surface area contributed by atoms with Crippen LogP contribution in [0.1, 0.15) is 45.4 Å². The number of rotatable bonds is 4. The summed E-state index contributed by atoms with van der Waals surface area (Å²) in [4.78, 5) is 17.3. The number of halogens is 1.